The fourth-order valence-corrected chi connectivity index (χ4v) is 4.45. The Labute approximate surface area is 212 Å². The Bertz CT molecular complexity index is 1640. The molecule has 0 amide bonds. The minimum atomic E-state index is -0.640. The van der Waals surface area contributed by atoms with E-state index < -0.39 is 17.9 Å². The normalized spacial score (nSPS) is 14.5. The number of carbonyl (C=O) groups is 2. The molecule has 4 aromatic rings. The van der Waals surface area contributed by atoms with Crippen molar-refractivity contribution in [2.75, 3.05) is 7.11 Å². The van der Waals surface area contributed by atoms with Crippen LogP contribution in [-0.2, 0) is 4.74 Å². The van der Waals surface area contributed by atoms with Crippen molar-refractivity contribution in [1.29, 1.82) is 5.26 Å². The van der Waals surface area contributed by atoms with E-state index >= 15 is 0 Å². The van der Waals surface area contributed by atoms with Crippen LogP contribution in [0.25, 0.3) is 11.0 Å². The van der Waals surface area contributed by atoms with Gasteiger partial charge in [-0.2, -0.15) is 5.26 Å². The van der Waals surface area contributed by atoms with E-state index in [1.54, 1.807) is 49.4 Å². The van der Waals surface area contributed by atoms with Gasteiger partial charge in [0.2, 0.25) is 11.6 Å². The van der Waals surface area contributed by atoms with E-state index in [-0.39, 0.29) is 23.0 Å². The van der Waals surface area contributed by atoms with Crippen LogP contribution in [0.1, 0.15) is 49.1 Å². The van der Waals surface area contributed by atoms with Crippen molar-refractivity contribution in [2.24, 2.45) is 5.73 Å². The van der Waals surface area contributed by atoms with Gasteiger partial charge in [0.15, 0.2) is 0 Å². The third kappa shape index (κ3) is 4.17. The molecule has 1 atom stereocenters. The molecule has 1 unspecified atom stereocenters. The van der Waals surface area contributed by atoms with Crippen molar-refractivity contribution in [1.82, 2.24) is 0 Å². The molecule has 0 saturated heterocycles. The quantitative estimate of drug-likeness (QED) is 0.300. The number of allylic oxidation sites excluding steroid dienone is 1. The number of aryl methyl sites for hydroxylation is 2. The molecule has 0 radical (unpaired) electrons. The van der Waals surface area contributed by atoms with Crippen molar-refractivity contribution in [3.05, 3.63) is 106 Å². The second-order valence-corrected chi connectivity index (χ2v) is 8.68. The highest BCUT2D eigenvalue weighted by atomic mass is 16.5. The van der Waals surface area contributed by atoms with Gasteiger partial charge in [-0.05, 0) is 49.2 Å². The fraction of sp³-hybridized carbons (Fsp3) is 0.138. The molecule has 37 heavy (non-hydrogen) atoms. The lowest BCUT2D eigenvalue weighted by molar-refractivity contribution is 0.0600. The predicted molar refractivity (Wildman–Crippen MR) is 134 cm³/mol. The molecule has 2 heterocycles. The van der Waals surface area contributed by atoms with Crippen molar-refractivity contribution < 1.29 is 28.2 Å². The standard InChI is InChI=1S/C29H22N2O6/c1-15-4-10-20-16(2)26(36-23(20)12-15)29(33)35-19-9-11-21-24(13-19)37-27(31)22(14-30)25(21)17-5-7-18(8-6-17)28(32)34-3/h4-13,25H,31H2,1-3H3. The number of furan rings is 1. The molecule has 8 nitrogen and oxygen atoms in total. The topological polar surface area (TPSA) is 125 Å². The summed E-state index contributed by atoms with van der Waals surface area (Å²) < 4.78 is 21.9. The summed E-state index contributed by atoms with van der Waals surface area (Å²) in [6.07, 6.45) is 0. The number of hydrogen-bond donors (Lipinski definition) is 1. The number of carbonyl (C=O) groups excluding carboxylic acids is 2. The zero-order valence-electron chi connectivity index (χ0n) is 20.3. The second-order valence-electron chi connectivity index (χ2n) is 8.68. The maximum atomic E-state index is 12.9. The highest BCUT2D eigenvalue weighted by Crippen LogP contribution is 2.43. The number of nitrogens with zero attached hydrogens (tertiary/aromatic N) is 1. The second kappa shape index (κ2) is 9.21. The van der Waals surface area contributed by atoms with Gasteiger partial charge < -0.3 is 24.4 Å². The van der Waals surface area contributed by atoms with E-state index in [1.807, 2.05) is 25.1 Å². The number of esters is 2. The van der Waals surface area contributed by atoms with Gasteiger partial charge in [0, 0.05) is 22.6 Å². The van der Waals surface area contributed by atoms with Gasteiger partial charge in [0.1, 0.15) is 28.7 Å². The summed E-state index contributed by atoms with van der Waals surface area (Å²) in [5, 5.41) is 10.6. The first kappa shape index (κ1) is 23.7. The van der Waals surface area contributed by atoms with Crippen molar-refractivity contribution in [2.45, 2.75) is 19.8 Å². The van der Waals surface area contributed by atoms with E-state index in [0.29, 0.717) is 28.0 Å². The lowest BCUT2D eigenvalue weighted by Crippen LogP contribution is -2.21. The lowest BCUT2D eigenvalue weighted by atomic mass is 9.83. The van der Waals surface area contributed by atoms with Gasteiger partial charge in [0.05, 0.1) is 18.6 Å². The summed E-state index contributed by atoms with van der Waals surface area (Å²) >= 11 is 0. The van der Waals surface area contributed by atoms with Crippen molar-refractivity contribution >= 4 is 22.9 Å². The summed E-state index contributed by atoms with van der Waals surface area (Å²) in [6, 6.07) is 19.4. The van der Waals surface area contributed by atoms with Gasteiger partial charge in [0.25, 0.3) is 0 Å². The zero-order valence-corrected chi connectivity index (χ0v) is 20.3. The number of rotatable bonds is 4. The number of fused-ring (bicyclic) bond motifs is 2. The largest absolute Gasteiger partial charge is 0.465 e. The van der Waals surface area contributed by atoms with Crippen molar-refractivity contribution in [3.8, 4) is 17.6 Å². The summed E-state index contributed by atoms with van der Waals surface area (Å²) in [7, 11) is 1.31. The van der Waals surface area contributed by atoms with Crippen LogP contribution in [0, 0.1) is 25.2 Å². The summed E-state index contributed by atoms with van der Waals surface area (Å²) in [4.78, 5) is 24.8. The summed E-state index contributed by atoms with van der Waals surface area (Å²) in [5.41, 5.74) is 10.4. The van der Waals surface area contributed by atoms with Crippen molar-refractivity contribution in [3.63, 3.8) is 0 Å². The maximum Gasteiger partial charge on any atom is 0.379 e. The molecular weight excluding hydrogens is 472 g/mol. The Balaban J connectivity index is 1.47. The highest BCUT2D eigenvalue weighted by Gasteiger charge is 2.31. The van der Waals surface area contributed by atoms with Gasteiger partial charge in [-0.15, -0.1) is 0 Å². The highest BCUT2D eigenvalue weighted by molar-refractivity contribution is 5.97. The van der Waals surface area contributed by atoms with Gasteiger partial charge in [-0.1, -0.05) is 30.3 Å². The Hall–Kier alpha value is -5.03. The average Bonchev–Trinajstić information content (AvgIpc) is 3.22. The smallest absolute Gasteiger partial charge is 0.379 e. The minimum absolute atomic E-state index is 0.0518. The van der Waals surface area contributed by atoms with Crippen LogP contribution >= 0.6 is 0 Å². The molecule has 0 fully saturated rings. The van der Waals surface area contributed by atoms with Crippen LogP contribution in [0.4, 0.5) is 0 Å². The Morgan fingerprint density at radius 3 is 2.46 bits per heavy atom. The first-order valence-electron chi connectivity index (χ1n) is 11.4. The molecule has 0 saturated carbocycles. The molecule has 3 aromatic carbocycles. The number of ether oxygens (including phenoxy) is 3. The number of nitriles is 1. The molecule has 1 aliphatic rings. The molecular formula is C29H22N2O6. The van der Waals surface area contributed by atoms with Crippen LogP contribution < -0.4 is 15.2 Å². The molecule has 184 valence electrons. The predicted octanol–water partition coefficient (Wildman–Crippen LogP) is 5.27. The van der Waals surface area contributed by atoms with Gasteiger partial charge in [-0.25, -0.2) is 9.59 Å². The lowest BCUT2D eigenvalue weighted by Gasteiger charge is -2.26. The van der Waals surface area contributed by atoms with Crippen LogP contribution in [0.5, 0.6) is 11.5 Å². The SMILES string of the molecule is COC(=O)c1ccc(C2C(C#N)=C(N)Oc3cc(OC(=O)c4oc5cc(C)ccc5c4C)ccc32)cc1. The van der Waals surface area contributed by atoms with Crippen LogP contribution in [0.2, 0.25) is 0 Å². The van der Waals surface area contributed by atoms with Gasteiger partial charge >= 0.3 is 11.9 Å². The van der Waals surface area contributed by atoms with Crippen LogP contribution in [0.15, 0.2) is 76.5 Å². The first-order valence-corrected chi connectivity index (χ1v) is 11.4. The molecule has 1 aliphatic heterocycles. The Morgan fingerprint density at radius 1 is 1.00 bits per heavy atom. The molecule has 0 bridgehead atoms. The molecule has 0 aliphatic carbocycles. The molecule has 8 heteroatoms. The summed E-state index contributed by atoms with van der Waals surface area (Å²) in [5.74, 6) is -0.994. The van der Waals surface area contributed by atoms with Crippen LogP contribution in [-0.4, -0.2) is 19.0 Å². The first-order chi connectivity index (χ1) is 17.8. The molecule has 2 N–H and O–H groups in total. The minimum Gasteiger partial charge on any atom is -0.465 e. The monoisotopic (exact) mass is 494 g/mol. The maximum absolute atomic E-state index is 12.9. The van der Waals surface area contributed by atoms with Crippen LogP contribution in [0.3, 0.4) is 0 Å². The molecule has 5 rings (SSSR count). The third-order valence-electron chi connectivity index (χ3n) is 6.35. The third-order valence-corrected chi connectivity index (χ3v) is 6.35. The van der Waals surface area contributed by atoms with E-state index in [1.165, 1.54) is 7.11 Å². The summed E-state index contributed by atoms with van der Waals surface area (Å²) in [6.45, 7) is 3.75. The average molecular weight is 495 g/mol. The number of nitrogens with two attached hydrogens (primary N) is 1. The van der Waals surface area contributed by atoms with Gasteiger partial charge in [-0.3, -0.25) is 0 Å². The van der Waals surface area contributed by atoms with E-state index in [0.717, 1.165) is 16.5 Å². The fourth-order valence-electron chi connectivity index (χ4n) is 4.45. The zero-order chi connectivity index (χ0) is 26.3. The number of methoxy groups -OCH3 is 1. The van der Waals surface area contributed by atoms with E-state index in [2.05, 4.69) is 6.07 Å². The van der Waals surface area contributed by atoms with E-state index in [4.69, 9.17) is 24.4 Å². The Morgan fingerprint density at radius 2 is 1.76 bits per heavy atom. The molecule has 0 spiro atoms. The Kier molecular flexibility index (Phi) is 5.90. The molecule has 1 aromatic heterocycles. The van der Waals surface area contributed by atoms with E-state index in [9.17, 15) is 14.9 Å². The number of benzene rings is 3. The number of hydrogen-bond acceptors (Lipinski definition) is 8.